The fourth-order valence-corrected chi connectivity index (χ4v) is 2.82. The van der Waals surface area contributed by atoms with E-state index in [9.17, 15) is 24.5 Å². The Kier molecular flexibility index (Phi) is 4.77. The maximum absolute atomic E-state index is 13.3. The molecule has 0 bridgehead atoms. The molecular formula is C15H16FN3O6. The fraction of sp³-hybridized carbons (Fsp3) is 0.400. The number of aliphatic hydroxyl groups excluding tert-OH is 3. The van der Waals surface area contributed by atoms with E-state index >= 15 is 0 Å². The van der Waals surface area contributed by atoms with Crippen molar-refractivity contribution in [2.24, 2.45) is 0 Å². The van der Waals surface area contributed by atoms with Crippen LogP contribution in [0.25, 0.3) is 11.3 Å². The maximum atomic E-state index is 13.3. The summed E-state index contributed by atoms with van der Waals surface area (Å²) >= 11 is 0. The molecule has 4 N–H and O–H groups in total. The Balaban J connectivity index is 1.94. The average molecular weight is 353 g/mol. The number of aliphatic carboxylic acids is 1. The van der Waals surface area contributed by atoms with Crippen LogP contribution in [0.4, 0.5) is 4.39 Å². The third-order valence-corrected chi connectivity index (χ3v) is 4.07. The molecule has 2 heterocycles. The van der Waals surface area contributed by atoms with Crippen molar-refractivity contribution in [3.8, 4) is 11.3 Å². The Morgan fingerprint density at radius 1 is 1.32 bits per heavy atom. The molecule has 5 atom stereocenters. The van der Waals surface area contributed by atoms with Crippen molar-refractivity contribution in [2.75, 3.05) is 6.61 Å². The van der Waals surface area contributed by atoms with E-state index < -0.39 is 48.9 Å². The Hall–Kier alpha value is -2.40. The average Bonchev–Trinajstić information content (AvgIpc) is 3.04. The highest BCUT2D eigenvalue weighted by Crippen LogP contribution is 2.31. The summed E-state index contributed by atoms with van der Waals surface area (Å²) < 4.78 is 19.4. The number of benzene rings is 1. The fourth-order valence-electron chi connectivity index (χ4n) is 2.82. The molecule has 25 heavy (non-hydrogen) atoms. The van der Waals surface area contributed by atoms with Crippen LogP contribution in [-0.4, -0.2) is 72.4 Å². The third kappa shape index (κ3) is 3.24. The SMILES string of the molecule is O=C(O)[C@@H]1O[C@H](CO)[C@H](O)[C@H](n2cc(-c3cccc(F)c3)nn2)[C@H]1O. The smallest absolute Gasteiger partial charge is 0.335 e. The minimum atomic E-state index is -1.65. The first-order valence-corrected chi connectivity index (χ1v) is 7.45. The van der Waals surface area contributed by atoms with Crippen LogP contribution in [0.3, 0.4) is 0 Å². The molecule has 1 aliphatic heterocycles. The number of ether oxygens (including phenoxy) is 1. The van der Waals surface area contributed by atoms with E-state index in [0.717, 1.165) is 4.68 Å². The first kappa shape index (κ1) is 17.4. The molecule has 0 radical (unpaired) electrons. The van der Waals surface area contributed by atoms with E-state index in [1.807, 2.05) is 0 Å². The summed E-state index contributed by atoms with van der Waals surface area (Å²) in [5, 5.41) is 46.7. The molecule has 0 spiro atoms. The van der Waals surface area contributed by atoms with Crippen LogP contribution < -0.4 is 0 Å². The van der Waals surface area contributed by atoms with Crippen molar-refractivity contribution in [2.45, 2.75) is 30.5 Å². The summed E-state index contributed by atoms with van der Waals surface area (Å²) in [5.41, 5.74) is 0.702. The lowest BCUT2D eigenvalue weighted by Crippen LogP contribution is -2.58. The van der Waals surface area contributed by atoms with Gasteiger partial charge in [-0.3, -0.25) is 0 Å². The number of carboxylic acid groups (broad SMARTS) is 1. The number of halogens is 1. The van der Waals surface area contributed by atoms with Crippen molar-refractivity contribution < 1.29 is 34.3 Å². The predicted molar refractivity (Wildman–Crippen MR) is 79.8 cm³/mol. The van der Waals surface area contributed by atoms with E-state index in [1.165, 1.54) is 24.4 Å². The van der Waals surface area contributed by atoms with Gasteiger partial charge in [-0.05, 0) is 12.1 Å². The lowest BCUT2D eigenvalue weighted by molar-refractivity contribution is -0.215. The Morgan fingerprint density at radius 3 is 2.72 bits per heavy atom. The molecule has 134 valence electrons. The molecule has 0 saturated carbocycles. The van der Waals surface area contributed by atoms with Crippen LogP contribution in [0, 0.1) is 5.82 Å². The molecular weight excluding hydrogens is 337 g/mol. The van der Waals surface area contributed by atoms with Gasteiger partial charge in [0.1, 0.15) is 35.9 Å². The Bertz CT molecular complexity index is 769. The van der Waals surface area contributed by atoms with E-state index in [1.54, 1.807) is 6.07 Å². The van der Waals surface area contributed by atoms with Gasteiger partial charge in [-0.25, -0.2) is 13.9 Å². The lowest BCUT2D eigenvalue weighted by Gasteiger charge is -2.40. The molecule has 0 unspecified atom stereocenters. The molecule has 0 amide bonds. The normalized spacial score (nSPS) is 29.5. The monoisotopic (exact) mass is 353 g/mol. The van der Waals surface area contributed by atoms with Crippen molar-refractivity contribution in [3.05, 3.63) is 36.3 Å². The number of aliphatic hydroxyl groups is 3. The zero-order valence-corrected chi connectivity index (χ0v) is 12.8. The summed E-state index contributed by atoms with van der Waals surface area (Å²) in [6.45, 7) is -0.639. The molecule has 10 heteroatoms. The largest absolute Gasteiger partial charge is 0.479 e. The highest BCUT2D eigenvalue weighted by molar-refractivity contribution is 5.73. The first-order valence-electron chi connectivity index (χ1n) is 7.45. The van der Waals surface area contributed by atoms with E-state index in [4.69, 9.17) is 9.84 Å². The molecule has 2 aromatic rings. The van der Waals surface area contributed by atoms with Crippen LogP contribution in [0.5, 0.6) is 0 Å². The van der Waals surface area contributed by atoms with Gasteiger partial charge in [0.25, 0.3) is 0 Å². The van der Waals surface area contributed by atoms with Gasteiger partial charge in [0.2, 0.25) is 0 Å². The summed E-state index contributed by atoms with van der Waals surface area (Å²) in [4.78, 5) is 11.2. The quantitative estimate of drug-likeness (QED) is 0.560. The lowest BCUT2D eigenvalue weighted by atomic mass is 9.92. The zero-order valence-electron chi connectivity index (χ0n) is 12.8. The third-order valence-electron chi connectivity index (χ3n) is 4.07. The van der Waals surface area contributed by atoms with E-state index in [-0.39, 0.29) is 5.69 Å². The molecule has 1 aromatic carbocycles. The van der Waals surface area contributed by atoms with Gasteiger partial charge in [-0.1, -0.05) is 17.3 Å². The number of rotatable bonds is 4. The second kappa shape index (κ2) is 6.84. The van der Waals surface area contributed by atoms with Crippen molar-refractivity contribution >= 4 is 5.97 Å². The first-order chi connectivity index (χ1) is 11.9. The minimum absolute atomic E-state index is 0.276. The Morgan fingerprint density at radius 2 is 2.08 bits per heavy atom. The van der Waals surface area contributed by atoms with Crippen LogP contribution in [0.2, 0.25) is 0 Å². The maximum Gasteiger partial charge on any atom is 0.335 e. The Labute approximate surface area is 140 Å². The van der Waals surface area contributed by atoms with Gasteiger partial charge in [0, 0.05) is 5.56 Å². The van der Waals surface area contributed by atoms with Gasteiger partial charge in [-0.15, -0.1) is 5.10 Å². The van der Waals surface area contributed by atoms with Crippen molar-refractivity contribution in [3.63, 3.8) is 0 Å². The van der Waals surface area contributed by atoms with Crippen LogP contribution in [0.1, 0.15) is 6.04 Å². The van der Waals surface area contributed by atoms with Gasteiger partial charge in [0.05, 0.1) is 12.8 Å². The highest BCUT2D eigenvalue weighted by atomic mass is 19.1. The van der Waals surface area contributed by atoms with Crippen LogP contribution >= 0.6 is 0 Å². The number of aromatic nitrogens is 3. The van der Waals surface area contributed by atoms with E-state index in [0.29, 0.717) is 5.56 Å². The zero-order chi connectivity index (χ0) is 18.1. The number of nitrogens with zero attached hydrogens (tertiary/aromatic N) is 3. The van der Waals surface area contributed by atoms with Crippen LogP contribution in [0.15, 0.2) is 30.5 Å². The van der Waals surface area contributed by atoms with Gasteiger partial charge >= 0.3 is 5.97 Å². The summed E-state index contributed by atoms with van der Waals surface area (Å²) in [6.07, 6.45) is -4.55. The summed E-state index contributed by atoms with van der Waals surface area (Å²) in [6, 6.07) is 4.39. The predicted octanol–water partition coefficient (Wildman–Crippen LogP) is -0.809. The minimum Gasteiger partial charge on any atom is -0.479 e. The number of carbonyl (C=O) groups is 1. The highest BCUT2D eigenvalue weighted by Gasteiger charge is 2.48. The van der Waals surface area contributed by atoms with Crippen LogP contribution in [-0.2, 0) is 9.53 Å². The standard InChI is InChI=1S/C15H16FN3O6/c16-8-3-1-2-7(4-8)9-5-19(18-17-9)11-12(21)10(6-20)25-14(13(11)22)15(23)24/h1-5,10-14,20-22H,6H2,(H,23,24)/t10-,11+,12+,13-,14-/m1/s1. The number of hydrogen-bond acceptors (Lipinski definition) is 7. The van der Waals surface area contributed by atoms with Gasteiger partial charge < -0.3 is 25.2 Å². The molecule has 1 saturated heterocycles. The molecule has 1 aliphatic rings. The topological polar surface area (TPSA) is 138 Å². The van der Waals surface area contributed by atoms with Crippen molar-refractivity contribution in [1.29, 1.82) is 0 Å². The summed E-state index contributed by atoms with van der Waals surface area (Å²) in [7, 11) is 0. The van der Waals surface area contributed by atoms with Crippen molar-refractivity contribution in [1.82, 2.24) is 15.0 Å². The second-order valence-electron chi connectivity index (χ2n) is 5.68. The summed E-state index contributed by atoms with van der Waals surface area (Å²) in [5.74, 6) is -1.90. The van der Waals surface area contributed by atoms with Gasteiger partial charge in [0.15, 0.2) is 6.10 Å². The molecule has 3 rings (SSSR count). The molecule has 0 aliphatic carbocycles. The molecule has 1 aromatic heterocycles. The molecule has 9 nitrogen and oxygen atoms in total. The van der Waals surface area contributed by atoms with Gasteiger partial charge in [-0.2, -0.15) is 0 Å². The molecule has 1 fully saturated rings. The van der Waals surface area contributed by atoms with E-state index in [2.05, 4.69) is 10.3 Å². The number of carboxylic acids is 1. The second-order valence-corrected chi connectivity index (χ2v) is 5.68. The number of hydrogen-bond donors (Lipinski definition) is 4.